The van der Waals surface area contributed by atoms with Crippen molar-refractivity contribution >= 4 is 18.3 Å². The first-order chi connectivity index (χ1) is 7.70. The van der Waals surface area contributed by atoms with Crippen LogP contribution >= 0.6 is 12.4 Å². The number of nitrogens with two attached hydrogens (primary N) is 1. The molecule has 1 unspecified atom stereocenters. The Hall–Kier alpha value is -1.06. The summed E-state index contributed by atoms with van der Waals surface area (Å²) < 4.78 is 0. The molecule has 2 N–H and O–H groups in total. The molecular formula is C13H19ClN2O. The fourth-order valence-electron chi connectivity index (χ4n) is 2.17. The Morgan fingerprint density at radius 2 is 2.29 bits per heavy atom. The minimum atomic E-state index is 0. The van der Waals surface area contributed by atoms with Gasteiger partial charge in [-0.3, -0.25) is 4.79 Å². The van der Waals surface area contributed by atoms with Gasteiger partial charge < -0.3 is 10.6 Å². The Kier molecular flexibility index (Phi) is 4.97. The van der Waals surface area contributed by atoms with Gasteiger partial charge >= 0.3 is 0 Å². The van der Waals surface area contributed by atoms with E-state index in [1.165, 1.54) is 0 Å². The number of benzene rings is 1. The fraction of sp³-hybridized carbons (Fsp3) is 0.462. The van der Waals surface area contributed by atoms with Gasteiger partial charge in [0.2, 0.25) is 0 Å². The van der Waals surface area contributed by atoms with Crippen LogP contribution in [0.2, 0.25) is 0 Å². The van der Waals surface area contributed by atoms with E-state index in [1.54, 1.807) is 0 Å². The standard InChI is InChI=1S/C13H18N2O.ClH/c1-10-3-2-4-12(7-10)13(16)15-6-5-11(8-14)9-15;/h2-4,7,11H,5-6,8-9,14H2,1H3;1H. The molecule has 17 heavy (non-hydrogen) atoms. The second-order valence-corrected chi connectivity index (χ2v) is 4.51. The molecule has 94 valence electrons. The summed E-state index contributed by atoms with van der Waals surface area (Å²) in [5.41, 5.74) is 7.54. The largest absolute Gasteiger partial charge is 0.338 e. The van der Waals surface area contributed by atoms with E-state index in [0.29, 0.717) is 12.5 Å². The Bertz CT molecular complexity index is 395. The van der Waals surface area contributed by atoms with Crippen molar-refractivity contribution in [3.63, 3.8) is 0 Å². The van der Waals surface area contributed by atoms with Gasteiger partial charge in [0.1, 0.15) is 0 Å². The molecule has 1 atom stereocenters. The smallest absolute Gasteiger partial charge is 0.253 e. The molecule has 0 saturated carbocycles. The van der Waals surface area contributed by atoms with Crippen molar-refractivity contribution in [1.29, 1.82) is 0 Å². The minimum absolute atomic E-state index is 0. The summed E-state index contributed by atoms with van der Waals surface area (Å²) in [6, 6.07) is 7.76. The van der Waals surface area contributed by atoms with Crippen molar-refractivity contribution in [2.45, 2.75) is 13.3 Å². The molecule has 0 aromatic heterocycles. The zero-order chi connectivity index (χ0) is 11.5. The number of likely N-dealkylation sites (tertiary alicyclic amines) is 1. The molecule has 1 amide bonds. The van der Waals surface area contributed by atoms with Crippen molar-refractivity contribution in [1.82, 2.24) is 4.90 Å². The lowest BCUT2D eigenvalue weighted by atomic mass is 10.1. The van der Waals surface area contributed by atoms with Gasteiger partial charge in [-0.25, -0.2) is 0 Å². The summed E-state index contributed by atoms with van der Waals surface area (Å²) >= 11 is 0. The highest BCUT2D eigenvalue weighted by molar-refractivity contribution is 5.94. The topological polar surface area (TPSA) is 46.3 Å². The normalized spacial score (nSPS) is 18.9. The van der Waals surface area contributed by atoms with Crippen LogP contribution in [0.15, 0.2) is 24.3 Å². The van der Waals surface area contributed by atoms with Gasteiger partial charge in [-0.1, -0.05) is 17.7 Å². The third-order valence-electron chi connectivity index (χ3n) is 3.17. The summed E-state index contributed by atoms with van der Waals surface area (Å²) in [5, 5.41) is 0. The highest BCUT2D eigenvalue weighted by atomic mass is 35.5. The Balaban J connectivity index is 0.00000144. The zero-order valence-corrected chi connectivity index (χ0v) is 10.9. The van der Waals surface area contributed by atoms with E-state index >= 15 is 0 Å². The highest BCUT2D eigenvalue weighted by Gasteiger charge is 2.25. The third-order valence-corrected chi connectivity index (χ3v) is 3.17. The lowest BCUT2D eigenvalue weighted by Crippen LogP contribution is -2.29. The highest BCUT2D eigenvalue weighted by Crippen LogP contribution is 2.18. The maximum absolute atomic E-state index is 12.1. The van der Waals surface area contributed by atoms with E-state index < -0.39 is 0 Å². The summed E-state index contributed by atoms with van der Waals surface area (Å²) in [7, 11) is 0. The van der Waals surface area contributed by atoms with E-state index in [1.807, 2.05) is 36.1 Å². The third kappa shape index (κ3) is 3.20. The minimum Gasteiger partial charge on any atom is -0.338 e. The molecule has 1 aliphatic rings. The fourth-order valence-corrected chi connectivity index (χ4v) is 2.17. The van der Waals surface area contributed by atoms with Crippen LogP contribution < -0.4 is 5.73 Å². The molecule has 3 nitrogen and oxygen atoms in total. The number of carbonyl (C=O) groups is 1. The summed E-state index contributed by atoms with van der Waals surface area (Å²) in [4.78, 5) is 14.1. The predicted molar refractivity (Wildman–Crippen MR) is 71.5 cm³/mol. The second-order valence-electron chi connectivity index (χ2n) is 4.51. The van der Waals surface area contributed by atoms with Gasteiger partial charge in [0.15, 0.2) is 0 Å². The lowest BCUT2D eigenvalue weighted by Gasteiger charge is -2.16. The van der Waals surface area contributed by atoms with Gasteiger partial charge in [0, 0.05) is 18.7 Å². The average Bonchev–Trinajstić information content (AvgIpc) is 2.76. The number of amides is 1. The van der Waals surface area contributed by atoms with Crippen LogP contribution in [0.4, 0.5) is 0 Å². The van der Waals surface area contributed by atoms with E-state index in [2.05, 4.69) is 0 Å². The van der Waals surface area contributed by atoms with Crippen molar-refractivity contribution < 1.29 is 4.79 Å². The molecule has 1 aromatic rings. The van der Waals surface area contributed by atoms with Gasteiger partial charge in [0.05, 0.1) is 0 Å². The number of hydrogen-bond acceptors (Lipinski definition) is 2. The maximum Gasteiger partial charge on any atom is 0.253 e. The number of carbonyl (C=O) groups excluding carboxylic acids is 1. The average molecular weight is 255 g/mol. The lowest BCUT2D eigenvalue weighted by molar-refractivity contribution is 0.0787. The first-order valence-corrected chi connectivity index (χ1v) is 5.76. The predicted octanol–water partition coefficient (Wildman–Crippen LogP) is 1.84. The Morgan fingerprint density at radius 3 is 2.88 bits per heavy atom. The number of hydrogen-bond donors (Lipinski definition) is 1. The molecule has 1 heterocycles. The summed E-state index contributed by atoms with van der Waals surface area (Å²) in [6.07, 6.45) is 1.04. The molecule has 4 heteroatoms. The molecule has 0 bridgehead atoms. The molecule has 0 radical (unpaired) electrons. The zero-order valence-electron chi connectivity index (χ0n) is 10.1. The van der Waals surface area contributed by atoms with Crippen LogP contribution in [0.3, 0.4) is 0 Å². The van der Waals surface area contributed by atoms with Gasteiger partial charge in [-0.15, -0.1) is 12.4 Å². The first-order valence-electron chi connectivity index (χ1n) is 5.76. The van der Waals surface area contributed by atoms with Gasteiger partial charge in [-0.05, 0) is 37.9 Å². The van der Waals surface area contributed by atoms with Gasteiger partial charge in [0.25, 0.3) is 5.91 Å². The van der Waals surface area contributed by atoms with Crippen LogP contribution in [-0.2, 0) is 0 Å². The molecule has 0 spiro atoms. The Labute approximate surface area is 108 Å². The molecule has 0 aliphatic carbocycles. The molecule has 1 fully saturated rings. The molecular weight excluding hydrogens is 236 g/mol. The van der Waals surface area contributed by atoms with E-state index in [0.717, 1.165) is 30.6 Å². The van der Waals surface area contributed by atoms with Crippen LogP contribution in [0.5, 0.6) is 0 Å². The van der Waals surface area contributed by atoms with E-state index in [9.17, 15) is 4.79 Å². The van der Waals surface area contributed by atoms with E-state index in [-0.39, 0.29) is 18.3 Å². The quantitative estimate of drug-likeness (QED) is 0.875. The SMILES string of the molecule is Cc1cccc(C(=O)N2CCC(CN)C2)c1.Cl. The second kappa shape index (κ2) is 6.03. The summed E-state index contributed by atoms with van der Waals surface area (Å²) in [6.45, 7) is 4.33. The monoisotopic (exact) mass is 254 g/mol. The van der Waals surface area contributed by atoms with Crippen LogP contribution in [-0.4, -0.2) is 30.4 Å². The molecule has 2 rings (SSSR count). The van der Waals surface area contributed by atoms with Crippen molar-refractivity contribution in [3.05, 3.63) is 35.4 Å². The van der Waals surface area contributed by atoms with Crippen LogP contribution in [0.1, 0.15) is 22.3 Å². The van der Waals surface area contributed by atoms with Crippen LogP contribution in [0, 0.1) is 12.8 Å². The van der Waals surface area contributed by atoms with E-state index in [4.69, 9.17) is 5.73 Å². The number of rotatable bonds is 2. The van der Waals surface area contributed by atoms with Crippen molar-refractivity contribution in [3.8, 4) is 0 Å². The Morgan fingerprint density at radius 1 is 1.53 bits per heavy atom. The number of aryl methyl sites for hydroxylation is 1. The molecule has 1 saturated heterocycles. The molecule has 1 aliphatic heterocycles. The molecule has 1 aromatic carbocycles. The van der Waals surface area contributed by atoms with Crippen molar-refractivity contribution in [2.75, 3.05) is 19.6 Å². The number of halogens is 1. The van der Waals surface area contributed by atoms with Gasteiger partial charge in [-0.2, -0.15) is 0 Å². The summed E-state index contributed by atoms with van der Waals surface area (Å²) in [5.74, 6) is 0.619. The maximum atomic E-state index is 12.1. The van der Waals surface area contributed by atoms with Crippen LogP contribution in [0.25, 0.3) is 0 Å². The number of nitrogens with zero attached hydrogens (tertiary/aromatic N) is 1. The first kappa shape index (κ1) is 14.0. The van der Waals surface area contributed by atoms with Crippen molar-refractivity contribution in [2.24, 2.45) is 11.7 Å².